The van der Waals surface area contributed by atoms with E-state index in [2.05, 4.69) is 47.1 Å². The lowest BCUT2D eigenvalue weighted by Gasteiger charge is -2.62. The molecule has 0 aromatic heterocycles. The molecule has 0 radical (unpaired) electrons. The number of hydrogen-bond acceptors (Lipinski definition) is 19. The van der Waals surface area contributed by atoms with Gasteiger partial charge in [-0.25, -0.2) is 4.79 Å². The summed E-state index contributed by atoms with van der Waals surface area (Å²) >= 11 is 3.60. The molecule has 14 fully saturated rings. The van der Waals surface area contributed by atoms with E-state index in [-0.39, 0.29) is 148 Å². The van der Waals surface area contributed by atoms with Crippen molar-refractivity contribution < 1.29 is 81.2 Å². The highest BCUT2D eigenvalue weighted by Crippen LogP contribution is 2.63. The van der Waals surface area contributed by atoms with Crippen molar-refractivity contribution in [1.82, 2.24) is 0 Å². The van der Waals surface area contributed by atoms with Crippen LogP contribution in [-0.2, 0) is 76.1 Å². The lowest BCUT2D eigenvalue weighted by atomic mass is 9.47. The average Bonchev–Trinajstić information content (AvgIpc) is 0.754. The molecule has 9 atom stereocenters. The smallest absolute Gasteiger partial charge is 0.344 e. The zero-order valence-corrected chi connectivity index (χ0v) is 70.3. The number of esters is 6. The van der Waals surface area contributed by atoms with Gasteiger partial charge in [0, 0.05) is 23.8 Å². The SMILES string of the molecule is C.C.C.C.C.C.C.C.CCC(C)(C)C(=O)OC1(C(C)C)C2CC3CC(C2)CC1C3.CCC(C)(C)C(=O)OC1(C(C)C)CCCC1.CCC(C)(C)C(=O)OC12CC3CC(CC(O)(C3)C1)C2.CCC(C)(C)C(=O)OCC(=O)OC1C2CC3CC(C2)C(=O)OC1C3.CSCCOC(C)OCC1CCC(COC(C)OCCSC)CC1. The monoisotopic (exact) mass is 1630 g/mol. The second-order valence-electron chi connectivity index (χ2n) is 37.4. The molecule has 2 aliphatic heterocycles. The van der Waals surface area contributed by atoms with Crippen molar-refractivity contribution in [2.24, 2.45) is 98.6 Å². The minimum Gasteiger partial charge on any atom is -0.459 e. The van der Waals surface area contributed by atoms with Gasteiger partial charge in [-0.3, -0.25) is 24.0 Å². The molecule has 14 aliphatic rings. The maximum atomic E-state index is 12.8. The van der Waals surface area contributed by atoms with Crippen LogP contribution in [0.15, 0.2) is 0 Å². The van der Waals surface area contributed by atoms with Gasteiger partial charge in [0.05, 0.1) is 59.6 Å². The number of carbonyl (C=O) groups excluding carboxylic acids is 6. The van der Waals surface area contributed by atoms with Crippen molar-refractivity contribution in [2.75, 3.05) is 57.1 Å². The van der Waals surface area contributed by atoms with Gasteiger partial charge in [0.25, 0.3) is 0 Å². The van der Waals surface area contributed by atoms with E-state index in [9.17, 15) is 33.9 Å². The van der Waals surface area contributed by atoms with Crippen LogP contribution in [0, 0.1) is 98.6 Å². The lowest BCUT2D eigenvalue weighted by Crippen LogP contribution is -2.63. The highest BCUT2D eigenvalue weighted by atomic mass is 32.2. The third-order valence-corrected chi connectivity index (χ3v) is 28.4. The van der Waals surface area contributed by atoms with Gasteiger partial charge >= 0.3 is 35.8 Å². The van der Waals surface area contributed by atoms with Crippen molar-refractivity contribution in [1.29, 1.82) is 0 Å². The van der Waals surface area contributed by atoms with Gasteiger partial charge in [-0.2, -0.15) is 23.5 Å². The summed E-state index contributed by atoms with van der Waals surface area (Å²) in [5, 5.41) is 10.6. The zero-order valence-electron chi connectivity index (χ0n) is 68.7. The third kappa shape index (κ3) is 29.6. The maximum Gasteiger partial charge on any atom is 0.344 e. The molecule has 19 heteroatoms. The van der Waals surface area contributed by atoms with Gasteiger partial charge in [0.1, 0.15) is 29.0 Å². The van der Waals surface area contributed by atoms with Crippen molar-refractivity contribution in [3.8, 4) is 0 Å². The molecule has 9 unspecified atom stereocenters. The summed E-state index contributed by atoms with van der Waals surface area (Å²) in [5.74, 6) is 7.84. The first-order chi connectivity index (χ1) is 48.8. The summed E-state index contributed by atoms with van der Waals surface area (Å²) in [5.41, 5.74) is -2.98. The molecule has 12 saturated carbocycles. The zero-order chi connectivity index (χ0) is 76.8. The molecule has 112 heavy (non-hydrogen) atoms. The molecule has 1 N–H and O–H groups in total. The summed E-state index contributed by atoms with van der Waals surface area (Å²) in [4.78, 5) is 73.4. The van der Waals surface area contributed by atoms with E-state index in [4.69, 9.17) is 47.4 Å². The minimum absolute atomic E-state index is 0. The van der Waals surface area contributed by atoms with Gasteiger partial charge < -0.3 is 52.5 Å². The molecule has 0 aromatic carbocycles. The fourth-order valence-corrected chi connectivity index (χ4v) is 20.0. The van der Waals surface area contributed by atoms with Gasteiger partial charge in [-0.1, -0.05) is 115 Å². The molecule has 0 aromatic rings. The summed E-state index contributed by atoms with van der Waals surface area (Å²) in [6, 6.07) is 0. The van der Waals surface area contributed by atoms with Crippen LogP contribution >= 0.6 is 23.5 Å². The summed E-state index contributed by atoms with van der Waals surface area (Å²) in [6.45, 7) is 39.2. The predicted octanol–water partition coefficient (Wildman–Crippen LogP) is 23.4. The average molecular weight is 1630 g/mol. The molecule has 12 bridgehead atoms. The first-order valence-corrected chi connectivity index (χ1v) is 44.1. The Morgan fingerprint density at radius 1 is 0.500 bits per heavy atom. The fourth-order valence-electron chi connectivity index (χ4n) is 19.4. The van der Waals surface area contributed by atoms with Gasteiger partial charge in [0.2, 0.25) is 0 Å². The second kappa shape index (κ2) is 48.5. The van der Waals surface area contributed by atoms with E-state index >= 15 is 0 Å². The van der Waals surface area contributed by atoms with Crippen LogP contribution in [0.25, 0.3) is 0 Å². The molecule has 12 aliphatic carbocycles. The van der Waals surface area contributed by atoms with Crippen LogP contribution in [0.3, 0.4) is 0 Å². The maximum absolute atomic E-state index is 12.8. The molecule has 664 valence electrons. The highest BCUT2D eigenvalue weighted by molar-refractivity contribution is 7.98. The Bertz CT molecular complexity index is 2660. The number of fused-ring (bicyclic) bond motifs is 1. The van der Waals surface area contributed by atoms with Crippen molar-refractivity contribution in [3.63, 3.8) is 0 Å². The molecule has 14 rings (SSSR count). The number of ether oxygens (including phenoxy) is 10. The van der Waals surface area contributed by atoms with E-state index in [1.54, 1.807) is 37.4 Å². The topological polar surface area (TPSA) is 215 Å². The molecule has 0 amide bonds. The van der Waals surface area contributed by atoms with E-state index in [0.717, 1.165) is 133 Å². The lowest BCUT2D eigenvalue weighted by molar-refractivity contribution is -0.231. The molecule has 0 spiro atoms. The van der Waals surface area contributed by atoms with E-state index in [1.165, 1.54) is 77.0 Å². The van der Waals surface area contributed by atoms with Crippen LogP contribution in [0.1, 0.15) is 357 Å². The molecule has 2 saturated heterocycles. The quantitative estimate of drug-likeness (QED) is 0.0306. The van der Waals surface area contributed by atoms with Crippen LogP contribution in [0.4, 0.5) is 0 Å². The van der Waals surface area contributed by atoms with Gasteiger partial charge in [-0.15, -0.1) is 0 Å². The van der Waals surface area contributed by atoms with Gasteiger partial charge in [-0.05, 0) is 314 Å². The number of carbonyl (C=O) groups is 6. The van der Waals surface area contributed by atoms with Crippen molar-refractivity contribution in [3.05, 3.63) is 0 Å². The minimum atomic E-state index is -0.615. The Morgan fingerprint density at radius 3 is 1.32 bits per heavy atom. The van der Waals surface area contributed by atoms with E-state index in [0.29, 0.717) is 66.1 Å². The van der Waals surface area contributed by atoms with Crippen molar-refractivity contribution in [2.45, 2.75) is 405 Å². The summed E-state index contributed by atoms with van der Waals surface area (Å²) in [6.07, 6.45) is 31.4. The normalized spacial score (nSPS) is 30.7. The second-order valence-corrected chi connectivity index (χ2v) is 39.4. The summed E-state index contributed by atoms with van der Waals surface area (Å²) < 4.78 is 57.3. The van der Waals surface area contributed by atoms with Crippen molar-refractivity contribution >= 4 is 59.3 Å². The molecular weight excluding hydrogens is 1450 g/mol. The predicted molar refractivity (Wildman–Crippen MR) is 466 cm³/mol. The number of thioether (sulfide) groups is 2. The van der Waals surface area contributed by atoms with Crippen LogP contribution < -0.4 is 0 Å². The first kappa shape index (κ1) is 111. The highest BCUT2D eigenvalue weighted by Gasteiger charge is 2.63. The third-order valence-electron chi connectivity index (χ3n) is 27.2. The largest absolute Gasteiger partial charge is 0.459 e. The fraction of sp³-hybridized carbons (Fsp3) is 0.935. The number of rotatable bonds is 30. The van der Waals surface area contributed by atoms with Gasteiger partial charge in [0.15, 0.2) is 19.2 Å². The Hall–Kier alpha value is -2.68. The standard InChI is InChI=1S/C19H32O2.C18H26O6.C18H36O4S2.C16H26O3.C14H26O2.8CH4/c1-6-18(4,5)17(20)21-19(12(2)3)15-8-13-7-14(10-15)11-16(19)9-13;1-4-18(2,3)17(21)22-9-14(19)24-15-11-5-10-6-12(8-11)16(20)23-13(15)7-10;1-15(19-9-11-23-3)21-13-17-5-7-18(8-6-17)14-22-16(2)20-10-12-24-4;1-4-14(2,3)13(17)19-16-8-11-5-12(9-16)7-15(18,6-11)10-16;1-6-13(4,5)12(15)16-14(11(2)3)9-7-8-10-14;;;;;;;;/h12-16H,6-11H2,1-5H3;10-13,15H,4-9H2,1-3H3;15-18H,5-14H2,1-4H3;11-12,18H,4-10H2,1-3H3;11H,6-10H2,1-5H3;8*1H4. The molecule has 2 heterocycles. The number of aliphatic hydroxyl groups is 1. The number of hydrogen-bond donors (Lipinski definition) is 1. The van der Waals surface area contributed by atoms with E-state index in [1.807, 2.05) is 76.2 Å². The van der Waals surface area contributed by atoms with Crippen LogP contribution in [0.2, 0.25) is 0 Å². The summed E-state index contributed by atoms with van der Waals surface area (Å²) in [7, 11) is 0. The Kier molecular flexibility index (Phi) is 48.3. The Morgan fingerprint density at radius 2 is 0.911 bits per heavy atom. The first-order valence-electron chi connectivity index (χ1n) is 41.3. The molecule has 17 nitrogen and oxygen atoms in total. The van der Waals surface area contributed by atoms with Crippen LogP contribution in [-0.4, -0.2) is 145 Å². The van der Waals surface area contributed by atoms with Crippen LogP contribution in [0.5, 0.6) is 0 Å². The Labute approximate surface area is 696 Å². The Balaban J connectivity index is 0. The van der Waals surface area contributed by atoms with E-state index < -0.39 is 34.5 Å². The molecular formula is C93H178O17S2.